The summed E-state index contributed by atoms with van der Waals surface area (Å²) in [5.41, 5.74) is 0.380. The SMILES string of the molecule is Cc1noc(C)c1S(=O)(=O)N1CCCCCCNC(=O)[C@@H]2CCC[C@@H]21. The highest BCUT2D eigenvalue weighted by Crippen LogP contribution is 2.35. The van der Waals surface area contributed by atoms with E-state index in [0.29, 0.717) is 24.5 Å². The number of amides is 1. The van der Waals surface area contributed by atoms with E-state index in [4.69, 9.17) is 4.52 Å². The van der Waals surface area contributed by atoms with Gasteiger partial charge in [0.1, 0.15) is 10.6 Å². The molecule has 0 spiro atoms. The minimum atomic E-state index is -3.74. The number of fused-ring (bicyclic) bond motifs is 1. The molecule has 25 heavy (non-hydrogen) atoms. The fourth-order valence-electron chi connectivity index (χ4n) is 4.10. The van der Waals surface area contributed by atoms with Crippen molar-refractivity contribution in [2.75, 3.05) is 13.1 Å². The van der Waals surface area contributed by atoms with Gasteiger partial charge < -0.3 is 9.84 Å². The molecule has 1 saturated heterocycles. The van der Waals surface area contributed by atoms with Crippen molar-refractivity contribution in [2.24, 2.45) is 5.92 Å². The fraction of sp³-hybridized carbons (Fsp3) is 0.765. The third-order valence-corrected chi connectivity index (χ3v) is 7.49. The summed E-state index contributed by atoms with van der Waals surface area (Å²) in [6.45, 7) is 4.39. The van der Waals surface area contributed by atoms with Crippen LogP contribution >= 0.6 is 0 Å². The molecule has 1 aromatic heterocycles. The highest BCUT2D eigenvalue weighted by Gasteiger charge is 2.43. The normalized spacial score (nSPS) is 26.7. The first kappa shape index (κ1) is 18.4. The van der Waals surface area contributed by atoms with Crippen molar-refractivity contribution in [2.45, 2.75) is 69.7 Å². The lowest BCUT2D eigenvalue weighted by atomic mass is 10.0. The van der Waals surface area contributed by atoms with Crippen molar-refractivity contribution >= 4 is 15.9 Å². The topological polar surface area (TPSA) is 92.5 Å². The standard InChI is InChI=1S/C17H27N3O4S/c1-12-16(13(2)24-19-12)25(22,23)20-11-6-4-3-5-10-18-17(21)14-8-7-9-15(14)20/h14-15H,3-11H2,1-2H3,(H,18,21)/t14-,15+/m1/s1. The van der Waals surface area contributed by atoms with E-state index >= 15 is 0 Å². The van der Waals surface area contributed by atoms with Gasteiger partial charge in [0.15, 0.2) is 5.76 Å². The first-order valence-corrected chi connectivity index (χ1v) is 10.6. The summed E-state index contributed by atoms with van der Waals surface area (Å²) in [6.07, 6.45) is 6.04. The van der Waals surface area contributed by atoms with Gasteiger partial charge in [-0.25, -0.2) is 8.42 Å². The minimum Gasteiger partial charge on any atom is -0.360 e. The molecule has 7 nitrogen and oxygen atoms in total. The molecule has 2 atom stereocenters. The van der Waals surface area contributed by atoms with Crippen molar-refractivity contribution in [3.8, 4) is 0 Å². The number of nitrogens with zero attached hydrogens (tertiary/aromatic N) is 2. The van der Waals surface area contributed by atoms with Crippen molar-refractivity contribution in [1.82, 2.24) is 14.8 Å². The third kappa shape index (κ3) is 3.60. The number of aromatic nitrogens is 1. The van der Waals surface area contributed by atoms with E-state index in [2.05, 4.69) is 10.5 Å². The van der Waals surface area contributed by atoms with Crippen LogP contribution in [0.5, 0.6) is 0 Å². The second-order valence-electron chi connectivity index (χ2n) is 7.08. The van der Waals surface area contributed by atoms with E-state index in [1.807, 2.05) is 0 Å². The Balaban J connectivity index is 1.98. The number of sulfonamides is 1. The van der Waals surface area contributed by atoms with Gasteiger partial charge in [-0.15, -0.1) is 0 Å². The Morgan fingerprint density at radius 1 is 1.12 bits per heavy atom. The average Bonchev–Trinajstić information content (AvgIpc) is 3.15. The molecule has 1 aliphatic carbocycles. The lowest BCUT2D eigenvalue weighted by Crippen LogP contribution is -2.47. The van der Waals surface area contributed by atoms with Crippen molar-refractivity contribution in [3.05, 3.63) is 11.5 Å². The van der Waals surface area contributed by atoms with Gasteiger partial charge in [0.05, 0.1) is 5.92 Å². The van der Waals surface area contributed by atoms with Crippen LogP contribution in [0.25, 0.3) is 0 Å². The second-order valence-corrected chi connectivity index (χ2v) is 8.91. The van der Waals surface area contributed by atoms with E-state index in [1.165, 1.54) is 0 Å². The molecule has 1 aliphatic heterocycles. The summed E-state index contributed by atoms with van der Waals surface area (Å²) in [4.78, 5) is 12.7. The van der Waals surface area contributed by atoms with Crippen LogP contribution in [-0.2, 0) is 14.8 Å². The summed E-state index contributed by atoms with van der Waals surface area (Å²) < 4.78 is 33.4. The molecular formula is C17H27N3O4S. The molecular weight excluding hydrogens is 342 g/mol. The maximum absolute atomic E-state index is 13.4. The number of carbonyl (C=O) groups excluding carboxylic acids is 1. The van der Waals surface area contributed by atoms with Gasteiger partial charge in [-0.1, -0.05) is 24.4 Å². The average molecular weight is 369 g/mol. The summed E-state index contributed by atoms with van der Waals surface area (Å²) >= 11 is 0. The Morgan fingerprint density at radius 2 is 1.88 bits per heavy atom. The molecule has 0 aromatic carbocycles. The number of carbonyl (C=O) groups is 1. The number of aryl methyl sites for hydroxylation is 2. The predicted molar refractivity (Wildman–Crippen MR) is 92.5 cm³/mol. The first-order chi connectivity index (χ1) is 11.9. The highest BCUT2D eigenvalue weighted by molar-refractivity contribution is 7.89. The van der Waals surface area contributed by atoms with Gasteiger partial charge in [-0.2, -0.15) is 4.31 Å². The van der Waals surface area contributed by atoms with Crippen LogP contribution < -0.4 is 5.32 Å². The Labute approximate surface area is 149 Å². The van der Waals surface area contributed by atoms with Crippen LogP contribution in [0, 0.1) is 19.8 Å². The molecule has 2 fully saturated rings. The van der Waals surface area contributed by atoms with Gasteiger partial charge in [-0.05, 0) is 39.5 Å². The van der Waals surface area contributed by atoms with Gasteiger partial charge in [0, 0.05) is 19.1 Å². The maximum Gasteiger partial charge on any atom is 0.248 e. The third-order valence-electron chi connectivity index (χ3n) is 5.33. The number of hydrogen-bond donors (Lipinski definition) is 1. The molecule has 1 N–H and O–H groups in total. The number of hydrogen-bond acceptors (Lipinski definition) is 5. The molecule has 1 saturated carbocycles. The second kappa shape index (κ2) is 7.45. The summed E-state index contributed by atoms with van der Waals surface area (Å²) in [5.74, 6) is 0.0301. The van der Waals surface area contributed by atoms with Crippen molar-refractivity contribution in [3.63, 3.8) is 0 Å². The number of rotatable bonds is 2. The molecule has 0 radical (unpaired) electrons. The predicted octanol–water partition coefficient (Wildman–Crippen LogP) is 2.14. The van der Waals surface area contributed by atoms with Gasteiger partial charge in [0.2, 0.25) is 15.9 Å². The lowest BCUT2D eigenvalue weighted by Gasteiger charge is -2.31. The fourth-order valence-corrected chi connectivity index (χ4v) is 6.13. The van der Waals surface area contributed by atoms with Crippen molar-refractivity contribution in [1.29, 1.82) is 0 Å². The van der Waals surface area contributed by atoms with Crippen LogP contribution in [-0.4, -0.2) is 42.9 Å². The van der Waals surface area contributed by atoms with Gasteiger partial charge >= 0.3 is 0 Å². The highest BCUT2D eigenvalue weighted by atomic mass is 32.2. The molecule has 1 amide bonds. The zero-order valence-electron chi connectivity index (χ0n) is 15.0. The Hall–Kier alpha value is -1.41. The van der Waals surface area contributed by atoms with Gasteiger partial charge in [0.25, 0.3) is 0 Å². The lowest BCUT2D eigenvalue weighted by molar-refractivity contribution is -0.125. The van der Waals surface area contributed by atoms with Gasteiger partial charge in [-0.3, -0.25) is 4.79 Å². The molecule has 140 valence electrons. The van der Waals surface area contributed by atoms with E-state index < -0.39 is 10.0 Å². The molecule has 2 aliphatic rings. The molecule has 8 heteroatoms. The maximum atomic E-state index is 13.4. The van der Waals surface area contributed by atoms with E-state index in [9.17, 15) is 13.2 Å². The van der Waals surface area contributed by atoms with Crippen LogP contribution in [0.1, 0.15) is 56.4 Å². The van der Waals surface area contributed by atoms with Crippen LogP contribution in [0.3, 0.4) is 0 Å². The van der Waals surface area contributed by atoms with E-state index in [1.54, 1.807) is 18.2 Å². The van der Waals surface area contributed by atoms with Crippen LogP contribution in [0.15, 0.2) is 9.42 Å². The molecule has 1 aromatic rings. The Kier molecular flexibility index (Phi) is 5.48. The monoisotopic (exact) mass is 369 g/mol. The first-order valence-electron chi connectivity index (χ1n) is 9.15. The molecule has 0 bridgehead atoms. The quantitative estimate of drug-likeness (QED) is 0.862. The van der Waals surface area contributed by atoms with Crippen molar-refractivity contribution < 1.29 is 17.7 Å². The zero-order chi connectivity index (χ0) is 18.0. The van der Waals surface area contributed by atoms with E-state index in [-0.39, 0.29) is 22.8 Å². The zero-order valence-corrected chi connectivity index (χ0v) is 15.8. The summed E-state index contributed by atoms with van der Waals surface area (Å²) in [6, 6.07) is -0.281. The molecule has 3 rings (SSSR count). The van der Waals surface area contributed by atoms with Crippen LogP contribution in [0.2, 0.25) is 0 Å². The van der Waals surface area contributed by atoms with Crippen LogP contribution in [0.4, 0.5) is 0 Å². The minimum absolute atomic E-state index is 0.0108. The molecule has 0 unspecified atom stereocenters. The number of nitrogens with one attached hydrogen (secondary N) is 1. The Bertz CT molecular complexity index is 709. The summed E-state index contributed by atoms with van der Waals surface area (Å²) in [5, 5.41) is 6.80. The summed E-state index contributed by atoms with van der Waals surface area (Å²) in [7, 11) is -3.74. The molecule has 2 heterocycles. The Morgan fingerprint density at radius 3 is 2.60 bits per heavy atom. The smallest absolute Gasteiger partial charge is 0.248 e. The largest absolute Gasteiger partial charge is 0.360 e. The van der Waals surface area contributed by atoms with E-state index in [0.717, 1.165) is 44.9 Å².